The van der Waals surface area contributed by atoms with Gasteiger partial charge < -0.3 is 19.2 Å². The Kier molecular flexibility index (Phi) is 4.59. The molecule has 0 spiro atoms. The molecule has 0 aliphatic carbocycles. The summed E-state index contributed by atoms with van der Waals surface area (Å²) in [5.41, 5.74) is 0.488. The number of rotatable bonds is 4. The van der Waals surface area contributed by atoms with E-state index in [9.17, 15) is 14.4 Å². The van der Waals surface area contributed by atoms with Crippen LogP contribution in [0.3, 0.4) is 0 Å². The number of hydrogen-bond acceptors (Lipinski definition) is 7. The smallest absolute Gasteiger partial charge is 0.294 e. The van der Waals surface area contributed by atoms with Crippen LogP contribution in [0.1, 0.15) is 5.76 Å². The van der Waals surface area contributed by atoms with Gasteiger partial charge in [-0.1, -0.05) is 0 Å². The van der Waals surface area contributed by atoms with Crippen LogP contribution in [0.25, 0.3) is 6.08 Å². The van der Waals surface area contributed by atoms with Crippen molar-refractivity contribution in [3.05, 3.63) is 47.3 Å². The lowest BCUT2D eigenvalue weighted by molar-refractivity contribution is -0.127. The van der Waals surface area contributed by atoms with Crippen molar-refractivity contribution in [1.82, 2.24) is 4.90 Å². The van der Waals surface area contributed by atoms with Gasteiger partial charge in [-0.05, 0) is 36.0 Å². The van der Waals surface area contributed by atoms with Gasteiger partial charge in [-0.2, -0.15) is 0 Å². The first kappa shape index (κ1) is 17.2. The predicted molar refractivity (Wildman–Crippen MR) is 97.4 cm³/mol. The van der Waals surface area contributed by atoms with Crippen molar-refractivity contribution >= 4 is 40.6 Å². The van der Waals surface area contributed by atoms with E-state index < -0.39 is 17.1 Å². The Morgan fingerprint density at radius 3 is 2.78 bits per heavy atom. The number of anilines is 1. The topological polar surface area (TPSA) is 98.1 Å². The average Bonchev–Trinajstić information content (AvgIpc) is 3.26. The lowest BCUT2D eigenvalue weighted by atomic mass is 10.2. The largest absolute Gasteiger partial charge is 0.486 e. The number of nitrogens with zero attached hydrogens (tertiary/aromatic N) is 1. The Morgan fingerprint density at radius 1 is 1.19 bits per heavy atom. The number of hydrogen-bond donors (Lipinski definition) is 1. The van der Waals surface area contributed by atoms with Crippen LogP contribution in [0.4, 0.5) is 10.5 Å². The minimum Gasteiger partial charge on any atom is -0.486 e. The number of carbonyl (C=O) groups is 3. The number of thioether (sulfide) groups is 1. The molecule has 2 aromatic rings. The van der Waals surface area contributed by atoms with Gasteiger partial charge in [0.1, 0.15) is 25.5 Å². The second kappa shape index (κ2) is 7.20. The van der Waals surface area contributed by atoms with Crippen LogP contribution in [-0.2, 0) is 9.59 Å². The molecule has 0 bridgehead atoms. The van der Waals surface area contributed by atoms with Crippen molar-refractivity contribution in [3.8, 4) is 11.5 Å². The Hall–Kier alpha value is -3.20. The molecule has 1 aromatic carbocycles. The third-order valence-corrected chi connectivity index (χ3v) is 4.73. The van der Waals surface area contributed by atoms with Crippen LogP contribution in [0.5, 0.6) is 11.5 Å². The second-order valence-corrected chi connectivity index (χ2v) is 6.68. The fourth-order valence-electron chi connectivity index (χ4n) is 2.60. The van der Waals surface area contributed by atoms with Gasteiger partial charge in [-0.25, -0.2) is 0 Å². The van der Waals surface area contributed by atoms with Crippen molar-refractivity contribution in [1.29, 1.82) is 0 Å². The van der Waals surface area contributed by atoms with Crippen LogP contribution < -0.4 is 14.8 Å². The standard InChI is InChI=1S/C18H14N2O6S/c21-16(19-11-3-4-13-14(8-11)26-7-6-25-13)10-20-17(22)15(27-18(20)23)9-12-2-1-5-24-12/h1-5,8-9H,6-7,10H2,(H,19,21)/b15-9+. The summed E-state index contributed by atoms with van der Waals surface area (Å²) < 4.78 is 16.0. The van der Waals surface area contributed by atoms with Crippen LogP contribution >= 0.6 is 11.8 Å². The van der Waals surface area contributed by atoms with Gasteiger partial charge in [-0.15, -0.1) is 0 Å². The summed E-state index contributed by atoms with van der Waals surface area (Å²) in [5.74, 6) is 0.577. The van der Waals surface area contributed by atoms with Gasteiger partial charge in [0.15, 0.2) is 11.5 Å². The minimum atomic E-state index is -0.529. The molecule has 1 N–H and O–H groups in total. The first-order chi connectivity index (χ1) is 13.1. The summed E-state index contributed by atoms with van der Waals surface area (Å²) in [4.78, 5) is 37.8. The van der Waals surface area contributed by atoms with E-state index in [4.69, 9.17) is 13.9 Å². The van der Waals surface area contributed by atoms with Gasteiger partial charge in [0, 0.05) is 17.8 Å². The monoisotopic (exact) mass is 386 g/mol. The van der Waals surface area contributed by atoms with E-state index in [2.05, 4.69) is 5.32 Å². The molecule has 1 saturated heterocycles. The molecule has 3 heterocycles. The number of amides is 3. The van der Waals surface area contributed by atoms with Gasteiger partial charge in [0.05, 0.1) is 11.2 Å². The van der Waals surface area contributed by atoms with Gasteiger partial charge in [0.2, 0.25) is 5.91 Å². The van der Waals surface area contributed by atoms with Crippen LogP contribution in [-0.4, -0.2) is 41.7 Å². The summed E-state index contributed by atoms with van der Waals surface area (Å²) in [6.45, 7) is 0.529. The molecule has 0 atom stereocenters. The highest BCUT2D eigenvalue weighted by molar-refractivity contribution is 8.18. The average molecular weight is 386 g/mol. The quantitative estimate of drug-likeness (QED) is 0.807. The number of carbonyl (C=O) groups excluding carboxylic acids is 3. The van der Waals surface area contributed by atoms with E-state index in [0.29, 0.717) is 36.2 Å². The zero-order valence-corrected chi connectivity index (χ0v) is 14.8. The molecule has 8 nitrogen and oxygen atoms in total. The molecule has 27 heavy (non-hydrogen) atoms. The van der Waals surface area contributed by atoms with Crippen LogP contribution in [0.2, 0.25) is 0 Å². The van der Waals surface area contributed by atoms with E-state index in [-0.39, 0.29) is 11.4 Å². The third kappa shape index (κ3) is 3.68. The number of imide groups is 1. The zero-order chi connectivity index (χ0) is 18.8. The minimum absolute atomic E-state index is 0.210. The van der Waals surface area contributed by atoms with Gasteiger partial charge >= 0.3 is 0 Å². The summed E-state index contributed by atoms with van der Waals surface area (Å²) in [6.07, 6.45) is 2.94. The van der Waals surface area contributed by atoms with Crippen LogP contribution in [0, 0.1) is 0 Å². The molecular formula is C18H14N2O6S. The molecule has 0 unspecified atom stereocenters. The van der Waals surface area contributed by atoms with Gasteiger partial charge in [-0.3, -0.25) is 19.3 Å². The molecule has 0 saturated carbocycles. The molecule has 2 aliphatic rings. The SMILES string of the molecule is O=C(CN1C(=O)S/C(=C/c2ccco2)C1=O)Nc1ccc2c(c1)OCCO2. The van der Waals surface area contributed by atoms with E-state index in [1.54, 1.807) is 30.3 Å². The molecule has 3 amide bonds. The predicted octanol–water partition coefficient (Wildman–Crippen LogP) is 2.73. The van der Waals surface area contributed by atoms with Crippen molar-refractivity contribution in [2.45, 2.75) is 0 Å². The molecule has 138 valence electrons. The molecule has 1 fully saturated rings. The number of nitrogens with one attached hydrogen (secondary N) is 1. The number of ether oxygens (including phenoxy) is 2. The van der Waals surface area contributed by atoms with Crippen LogP contribution in [0.15, 0.2) is 45.9 Å². The van der Waals surface area contributed by atoms with Crippen molar-refractivity contribution in [3.63, 3.8) is 0 Å². The van der Waals surface area contributed by atoms with Crippen molar-refractivity contribution < 1.29 is 28.3 Å². The first-order valence-electron chi connectivity index (χ1n) is 8.08. The fourth-order valence-corrected chi connectivity index (χ4v) is 3.42. The lowest BCUT2D eigenvalue weighted by Crippen LogP contribution is -2.36. The van der Waals surface area contributed by atoms with E-state index in [1.807, 2.05) is 0 Å². The molecule has 1 aromatic heterocycles. The van der Waals surface area contributed by atoms with E-state index in [1.165, 1.54) is 12.3 Å². The lowest BCUT2D eigenvalue weighted by Gasteiger charge is -2.19. The Labute approximate surface area is 158 Å². The number of fused-ring (bicyclic) bond motifs is 1. The fraction of sp³-hybridized carbons (Fsp3) is 0.167. The van der Waals surface area contributed by atoms with Gasteiger partial charge in [0.25, 0.3) is 11.1 Å². The van der Waals surface area contributed by atoms with E-state index >= 15 is 0 Å². The molecule has 4 rings (SSSR count). The number of benzene rings is 1. The maximum absolute atomic E-state index is 12.4. The Balaban J connectivity index is 1.42. The highest BCUT2D eigenvalue weighted by atomic mass is 32.2. The zero-order valence-electron chi connectivity index (χ0n) is 14.0. The van der Waals surface area contributed by atoms with Crippen molar-refractivity contribution in [2.75, 3.05) is 25.1 Å². The third-order valence-electron chi connectivity index (χ3n) is 3.82. The van der Waals surface area contributed by atoms with Crippen molar-refractivity contribution in [2.24, 2.45) is 0 Å². The Morgan fingerprint density at radius 2 is 2.00 bits per heavy atom. The maximum atomic E-state index is 12.4. The molecular weight excluding hydrogens is 372 g/mol. The molecule has 9 heteroatoms. The second-order valence-electron chi connectivity index (χ2n) is 5.69. The molecule has 2 aliphatic heterocycles. The Bertz CT molecular complexity index is 937. The van der Waals surface area contributed by atoms with E-state index in [0.717, 1.165) is 16.7 Å². The summed E-state index contributed by atoms with van der Waals surface area (Å²) in [7, 11) is 0. The summed E-state index contributed by atoms with van der Waals surface area (Å²) in [6, 6.07) is 8.34. The maximum Gasteiger partial charge on any atom is 0.294 e. The summed E-state index contributed by atoms with van der Waals surface area (Å²) in [5, 5.41) is 2.15. The molecule has 0 radical (unpaired) electrons. The number of furan rings is 1. The summed E-state index contributed by atoms with van der Waals surface area (Å²) >= 11 is 0.769. The highest BCUT2D eigenvalue weighted by Gasteiger charge is 2.36. The highest BCUT2D eigenvalue weighted by Crippen LogP contribution is 2.34. The first-order valence-corrected chi connectivity index (χ1v) is 8.90. The normalized spacial score (nSPS) is 17.5.